The number of aliphatic imine (C=N–C) groups is 1. The fourth-order valence-electron chi connectivity index (χ4n) is 2.53. The predicted octanol–water partition coefficient (Wildman–Crippen LogP) is 3.96. The Bertz CT molecular complexity index is 742. The van der Waals surface area contributed by atoms with Gasteiger partial charge in [0.2, 0.25) is 5.96 Å². The minimum Gasteiger partial charge on any atom is -0.497 e. The average molecular weight is 381 g/mol. The van der Waals surface area contributed by atoms with E-state index in [2.05, 4.69) is 20.6 Å². The topological polar surface area (TPSA) is 91.6 Å². The first kappa shape index (κ1) is 21.0. The molecule has 0 aliphatic rings. The molecule has 0 radical (unpaired) electrons. The van der Waals surface area contributed by atoms with Crippen LogP contribution in [-0.4, -0.2) is 31.2 Å². The van der Waals surface area contributed by atoms with Crippen molar-refractivity contribution in [2.75, 3.05) is 25.6 Å². The number of rotatable bonds is 11. The van der Waals surface area contributed by atoms with Gasteiger partial charge in [-0.2, -0.15) is 5.26 Å². The Labute approximate surface area is 166 Å². The van der Waals surface area contributed by atoms with E-state index in [1.165, 1.54) is 0 Å². The molecular weight excluding hydrogens is 354 g/mol. The van der Waals surface area contributed by atoms with E-state index >= 15 is 0 Å². The van der Waals surface area contributed by atoms with E-state index in [-0.39, 0.29) is 0 Å². The normalized spacial score (nSPS) is 10.8. The fourth-order valence-corrected chi connectivity index (χ4v) is 2.53. The number of aromatic nitrogens is 1. The Morgan fingerprint density at radius 2 is 1.82 bits per heavy atom. The van der Waals surface area contributed by atoms with Crippen molar-refractivity contribution >= 4 is 11.6 Å². The first-order valence-corrected chi connectivity index (χ1v) is 9.45. The van der Waals surface area contributed by atoms with Crippen LogP contribution in [0.25, 0.3) is 0 Å². The van der Waals surface area contributed by atoms with Crippen molar-refractivity contribution < 1.29 is 9.47 Å². The lowest BCUT2D eigenvalue weighted by atomic mass is 10.1. The minimum atomic E-state index is 0.448. The van der Waals surface area contributed by atoms with E-state index < -0.39 is 0 Å². The molecule has 0 saturated heterocycles. The first-order chi connectivity index (χ1) is 13.8. The van der Waals surface area contributed by atoms with Crippen LogP contribution < -0.4 is 20.1 Å². The molecule has 0 fully saturated rings. The third-order valence-corrected chi connectivity index (χ3v) is 4.00. The van der Waals surface area contributed by atoms with E-state index in [1.807, 2.05) is 42.6 Å². The summed E-state index contributed by atoms with van der Waals surface area (Å²) in [6.45, 7) is 1.38. The number of benzene rings is 1. The zero-order valence-electron chi connectivity index (χ0n) is 16.2. The van der Waals surface area contributed by atoms with Crippen molar-refractivity contribution in [3.8, 4) is 17.7 Å². The van der Waals surface area contributed by atoms with Gasteiger partial charge in [0.05, 0.1) is 25.6 Å². The van der Waals surface area contributed by atoms with Crippen molar-refractivity contribution in [3.05, 3.63) is 48.8 Å². The number of anilines is 1. The van der Waals surface area contributed by atoms with Crippen LogP contribution in [-0.2, 0) is 0 Å². The molecule has 0 spiro atoms. The highest BCUT2D eigenvalue weighted by Crippen LogP contribution is 2.17. The largest absolute Gasteiger partial charge is 0.497 e. The predicted molar refractivity (Wildman–Crippen MR) is 110 cm³/mol. The number of nitrogens with zero attached hydrogens (tertiary/aromatic N) is 3. The van der Waals surface area contributed by atoms with Crippen LogP contribution in [0.1, 0.15) is 32.1 Å². The molecule has 2 rings (SSSR count). The number of hydrogen-bond acceptors (Lipinski definition) is 5. The van der Waals surface area contributed by atoms with Gasteiger partial charge in [0.15, 0.2) is 6.19 Å². The van der Waals surface area contributed by atoms with Gasteiger partial charge < -0.3 is 14.8 Å². The number of pyridine rings is 1. The third-order valence-electron chi connectivity index (χ3n) is 4.00. The Balaban J connectivity index is 1.54. The number of ether oxygens (including phenoxy) is 2. The summed E-state index contributed by atoms with van der Waals surface area (Å²) in [4.78, 5) is 8.43. The number of nitrogens with one attached hydrogen (secondary N) is 2. The van der Waals surface area contributed by atoms with Crippen molar-refractivity contribution in [1.29, 1.82) is 5.26 Å². The Kier molecular flexibility index (Phi) is 9.75. The fraction of sp³-hybridized carbons (Fsp3) is 0.381. The number of unbranched alkanes of at least 4 members (excludes halogenated alkanes) is 4. The zero-order chi connectivity index (χ0) is 19.9. The maximum absolute atomic E-state index is 8.83. The number of methoxy groups -OCH3 is 1. The molecule has 2 N–H and O–H groups in total. The summed E-state index contributed by atoms with van der Waals surface area (Å²) in [5, 5.41) is 14.4. The van der Waals surface area contributed by atoms with Gasteiger partial charge in [-0.1, -0.05) is 19.3 Å². The number of nitriles is 1. The molecule has 7 heteroatoms. The van der Waals surface area contributed by atoms with Gasteiger partial charge in [-0.15, -0.1) is 0 Å². The lowest BCUT2D eigenvalue weighted by Gasteiger charge is -2.08. The summed E-state index contributed by atoms with van der Waals surface area (Å²) in [6, 6.07) is 11.3. The van der Waals surface area contributed by atoms with Crippen LogP contribution in [0, 0.1) is 11.5 Å². The van der Waals surface area contributed by atoms with E-state index in [4.69, 9.17) is 14.7 Å². The first-order valence-electron chi connectivity index (χ1n) is 9.45. The maximum atomic E-state index is 8.83. The molecule has 1 aromatic heterocycles. The van der Waals surface area contributed by atoms with Crippen LogP contribution in [0.5, 0.6) is 11.5 Å². The monoisotopic (exact) mass is 381 g/mol. The van der Waals surface area contributed by atoms with Crippen molar-refractivity contribution in [1.82, 2.24) is 10.3 Å². The van der Waals surface area contributed by atoms with Gasteiger partial charge in [-0.25, -0.2) is 0 Å². The van der Waals surface area contributed by atoms with Gasteiger partial charge in [-0.3, -0.25) is 15.3 Å². The molecule has 7 nitrogen and oxygen atoms in total. The van der Waals surface area contributed by atoms with Crippen LogP contribution >= 0.6 is 0 Å². The van der Waals surface area contributed by atoms with Gasteiger partial charge in [-0.05, 0) is 49.2 Å². The Hall–Kier alpha value is -3.27. The molecule has 2 aromatic rings. The summed E-state index contributed by atoms with van der Waals surface area (Å²) in [5.41, 5.74) is 0.792. The molecule has 0 saturated carbocycles. The number of hydrogen-bond donors (Lipinski definition) is 2. The van der Waals surface area contributed by atoms with Crippen LogP contribution in [0.2, 0.25) is 0 Å². The molecule has 28 heavy (non-hydrogen) atoms. The lowest BCUT2D eigenvalue weighted by molar-refractivity contribution is 0.304. The van der Waals surface area contributed by atoms with E-state index in [9.17, 15) is 0 Å². The molecule has 0 aliphatic heterocycles. The summed E-state index contributed by atoms with van der Waals surface area (Å²) < 4.78 is 10.8. The van der Waals surface area contributed by atoms with Gasteiger partial charge in [0.25, 0.3) is 0 Å². The third kappa shape index (κ3) is 8.41. The quantitative estimate of drug-likeness (QED) is 0.201. The van der Waals surface area contributed by atoms with Crippen molar-refractivity contribution in [3.63, 3.8) is 0 Å². The van der Waals surface area contributed by atoms with E-state index in [1.54, 1.807) is 19.5 Å². The zero-order valence-corrected chi connectivity index (χ0v) is 16.2. The van der Waals surface area contributed by atoms with Crippen LogP contribution in [0.15, 0.2) is 53.8 Å². The summed E-state index contributed by atoms with van der Waals surface area (Å²) in [5.74, 6) is 2.15. The van der Waals surface area contributed by atoms with E-state index in [0.29, 0.717) is 12.5 Å². The molecule has 1 heterocycles. The van der Waals surface area contributed by atoms with Crippen molar-refractivity contribution in [2.45, 2.75) is 32.1 Å². The molecule has 0 aliphatic carbocycles. The van der Waals surface area contributed by atoms with E-state index in [0.717, 1.165) is 55.9 Å². The smallest absolute Gasteiger partial charge is 0.209 e. The standard InChI is InChI=1S/C21H27N5O2/c1-27-19-9-11-20(12-10-19)28-15-6-4-2-3-5-14-24-21(25-17-22)26-18-8-7-13-23-16-18/h7-13,16H,2-6,14-15H2,1H3,(H2,24,25,26). The second-order valence-corrected chi connectivity index (χ2v) is 6.13. The average Bonchev–Trinajstić information content (AvgIpc) is 2.74. The molecule has 148 valence electrons. The molecule has 0 unspecified atom stereocenters. The van der Waals surface area contributed by atoms with Gasteiger partial charge >= 0.3 is 0 Å². The van der Waals surface area contributed by atoms with Gasteiger partial charge in [0.1, 0.15) is 11.5 Å². The highest BCUT2D eigenvalue weighted by molar-refractivity contribution is 5.94. The second-order valence-electron chi connectivity index (χ2n) is 6.13. The molecule has 0 amide bonds. The Morgan fingerprint density at radius 3 is 2.54 bits per heavy atom. The van der Waals surface area contributed by atoms with Gasteiger partial charge in [0, 0.05) is 12.7 Å². The summed E-state index contributed by atoms with van der Waals surface area (Å²) >= 11 is 0. The molecule has 0 bridgehead atoms. The highest BCUT2D eigenvalue weighted by atomic mass is 16.5. The van der Waals surface area contributed by atoms with Crippen LogP contribution in [0.4, 0.5) is 5.69 Å². The summed E-state index contributed by atoms with van der Waals surface area (Å²) in [7, 11) is 1.65. The molecular formula is C21H27N5O2. The number of guanidine groups is 1. The maximum Gasteiger partial charge on any atom is 0.209 e. The minimum absolute atomic E-state index is 0.448. The summed E-state index contributed by atoms with van der Waals surface area (Å²) in [6.07, 6.45) is 10.6. The van der Waals surface area contributed by atoms with Crippen molar-refractivity contribution in [2.24, 2.45) is 4.99 Å². The van der Waals surface area contributed by atoms with Crippen LogP contribution in [0.3, 0.4) is 0 Å². The highest BCUT2D eigenvalue weighted by Gasteiger charge is 1.99. The SMILES string of the molecule is COc1ccc(OCCCCCCCN=C(NC#N)Nc2cccnc2)cc1. The lowest BCUT2D eigenvalue weighted by Crippen LogP contribution is -2.27. The second kappa shape index (κ2) is 13.0. The Morgan fingerprint density at radius 1 is 1.07 bits per heavy atom. The molecule has 1 aromatic carbocycles. The molecule has 0 atom stereocenters.